The van der Waals surface area contributed by atoms with E-state index < -0.39 is 0 Å². The second kappa shape index (κ2) is 9.22. The Hall–Kier alpha value is -4.42. The number of benzene rings is 2. The largest absolute Gasteiger partial charge is 0.382 e. The zero-order valence-corrected chi connectivity index (χ0v) is 20.9. The van der Waals surface area contributed by atoms with Crippen LogP contribution in [0.4, 0.5) is 11.6 Å². The maximum Gasteiger partial charge on any atom is 0.148 e. The number of fused-ring (bicyclic) bond motifs is 1. The summed E-state index contributed by atoms with van der Waals surface area (Å²) in [6.45, 7) is 2.50. The number of halogens is 1. The highest BCUT2D eigenvalue weighted by Crippen LogP contribution is 2.37. The van der Waals surface area contributed by atoms with Gasteiger partial charge in [-0.3, -0.25) is 9.78 Å². The second-order valence-corrected chi connectivity index (χ2v) is 9.63. The Morgan fingerprint density at radius 2 is 2.08 bits per heavy atom. The van der Waals surface area contributed by atoms with Crippen molar-refractivity contribution in [1.82, 2.24) is 29.9 Å². The molecule has 5 aromatic rings. The van der Waals surface area contributed by atoms with Gasteiger partial charge in [-0.05, 0) is 43.5 Å². The quantitative estimate of drug-likeness (QED) is 0.271. The molecule has 0 bridgehead atoms. The maximum atomic E-state index is 9.58. The van der Waals surface area contributed by atoms with E-state index in [1.165, 1.54) is 12.8 Å². The average molecular weight is 510 g/mol. The van der Waals surface area contributed by atoms with Crippen molar-refractivity contribution < 1.29 is 0 Å². The van der Waals surface area contributed by atoms with Crippen LogP contribution in [0.25, 0.3) is 33.4 Å². The third-order valence-electron chi connectivity index (χ3n) is 6.68. The Bertz CT molecular complexity index is 1670. The fourth-order valence-corrected chi connectivity index (χ4v) is 4.77. The van der Waals surface area contributed by atoms with Crippen LogP contribution in [0, 0.1) is 18.3 Å². The van der Waals surface area contributed by atoms with Crippen molar-refractivity contribution in [2.45, 2.75) is 32.2 Å². The van der Waals surface area contributed by atoms with Gasteiger partial charge in [-0.1, -0.05) is 23.7 Å². The van der Waals surface area contributed by atoms with Gasteiger partial charge in [0, 0.05) is 41.7 Å². The summed E-state index contributed by atoms with van der Waals surface area (Å²) < 4.78 is 2.01. The first-order valence-corrected chi connectivity index (χ1v) is 12.5. The molecular weight excluding hydrogens is 486 g/mol. The SMILES string of the molecule is Cc1c(C#N)cccc1-c1nc(N)c(CCNc2ccn(C3CC3)n2)nc1-c1cc(Cl)c2[nH]ncc2c1. The molecule has 0 spiro atoms. The molecule has 0 atom stereocenters. The molecule has 0 amide bonds. The molecule has 1 saturated carbocycles. The Balaban J connectivity index is 1.39. The van der Waals surface area contributed by atoms with Crippen LogP contribution in [0.5, 0.6) is 0 Å². The van der Waals surface area contributed by atoms with Gasteiger partial charge in [0.1, 0.15) is 11.6 Å². The molecule has 0 radical (unpaired) electrons. The molecule has 4 N–H and O–H groups in total. The fourth-order valence-electron chi connectivity index (χ4n) is 4.50. The third kappa shape index (κ3) is 4.36. The van der Waals surface area contributed by atoms with Crippen molar-refractivity contribution in [2.24, 2.45) is 0 Å². The molecule has 1 aliphatic carbocycles. The van der Waals surface area contributed by atoms with Crippen LogP contribution >= 0.6 is 11.6 Å². The molecule has 37 heavy (non-hydrogen) atoms. The Morgan fingerprint density at radius 1 is 1.22 bits per heavy atom. The summed E-state index contributed by atoms with van der Waals surface area (Å²) in [6.07, 6.45) is 6.67. The summed E-state index contributed by atoms with van der Waals surface area (Å²) in [5, 5.41) is 26.0. The maximum absolute atomic E-state index is 9.58. The summed E-state index contributed by atoms with van der Waals surface area (Å²) in [4.78, 5) is 9.80. The number of nitrogen functional groups attached to an aromatic ring is 1. The predicted molar refractivity (Wildman–Crippen MR) is 144 cm³/mol. The highest BCUT2D eigenvalue weighted by atomic mass is 35.5. The lowest BCUT2D eigenvalue weighted by molar-refractivity contribution is 0.643. The second-order valence-electron chi connectivity index (χ2n) is 9.22. The standard InChI is InChI=1S/C27H24ClN9/c1-15-16(13-29)3-2-4-20(15)26-25(17-11-18-14-32-35-24(18)21(28)12-17)33-22(27(30)34-26)7-9-31-23-8-10-37(36-23)19-5-6-19/h2-4,8,10-12,14,19H,5-7,9H2,1H3,(H2,30,34)(H,31,36)(H,32,35). The number of nitrogens with two attached hydrogens (primary N) is 1. The first kappa shape index (κ1) is 23.0. The zero-order valence-electron chi connectivity index (χ0n) is 20.2. The van der Waals surface area contributed by atoms with Gasteiger partial charge >= 0.3 is 0 Å². The minimum Gasteiger partial charge on any atom is -0.382 e. The lowest BCUT2D eigenvalue weighted by Gasteiger charge is -2.15. The molecule has 1 fully saturated rings. The number of anilines is 2. The number of nitrogens with one attached hydrogen (secondary N) is 2. The van der Waals surface area contributed by atoms with Crippen molar-refractivity contribution in [2.75, 3.05) is 17.6 Å². The van der Waals surface area contributed by atoms with Gasteiger partial charge < -0.3 is 11.1 Å². The molecule has 3 aromatic heterocycles. The third-order valence-corrected chi connectivity index (χ3v) is 6.98. The molecule has 10 heteroatoms. The number of nitriles is 1. The van der Waals surface area contributed by atoms with Crippen LogP contribution in [0.3, 0.4) is 0 Å². The number of hydrogen-bond acceptors (Lipinski definition) is 7. The minimum absolute atomic E-state index is 0.348. The monoisotopic (exact) mass is 509 g/mol. The van der Waals surface area contributed by atoms with Crippen molar-refractivity contribution in [1.29, 1.82) is 5.26 Å². The van der Waals surface area contributed by atoms with E-state index in [4.69, 9.17) is 27.3 Å². The van der Waals surface area contributed by atoms with Crippen LogP contribution in [0.1, 0.15) is 35.7 Å². The first-order chi connectivity index (χ1) is 18.0. The van der Waals surface area contributed by atoms with E-state index in [-0.39, 0.29) is 0 Å². The molecule has 184 valence electrons. The molecule has 2 aromatic carbocycles. The lowest BCUT2D eigenvalue weighted by Crippen LogP contribution is -2.12. The van der Waals surface area contributed by atoms with E-state index in [0.29, 0.717) is 52.5 Å². The van der Waals surface area contributed by atoms with Crippen LogP contribution in [-0.2, 0) is 6.42 Å². The summed E-state index contributed by atoms with van der Waals surface area (Å²) in [5.41, 5.74) is 12.1. The van der Waals surface area contributed by atoms with Crippen molar-refractivity contribution in [3.63, 3.8) is 0 Å². The molecule has 3 heterocycles. The van der Waals surface area contributed by atoms with Crippen LogP contribution in [0.2, 0.25) is 5.02 Å². The van der Waals surface area contributed by atoms with Crippen molar-refractivity contribution in [3.05, 3.63) is 70.6 Å². The molecular formula is C27H24ClN9. The average Bonchev–Trinajstić information content (AvgIpc) is 3.43. The number of aromatic amines is 1. The first-order valence-electron chi connectivity index (χ1n) is 12.1. The minimum atomic E-state index is 0.348. The van der Waals surface area contributed by atoms with Crippen molar-refractivity contribution >= 4 is 34.1 Å². The summed E-state index contributed by atoms with van der Waals surface area (Å²) in [7, 11) is 0. The fraction of sp³-hybridized carbons (Fsp3) is 0.222. The Kier molecular flexibility index (Phi) is 5.74. The summed E-state index contributed by atoms with van der Waals surface area (Å²) >= 11 is 6.58. The van der Waals surface area contributed by atoms with Gasteiger partial charge in [0.25, 0.3) is 0 Å². The number of nitrogens with zero attached hydrogens (tertiary/aromatic N) is 6. The van der Waals surface area contributed by atoms with E-state index >= 15 is 0 Å². The Labute approximate surface area is 218 Å². The Morgan fingerprint density at radius 3 is 2.89 bits per heavy atom. The van der Waals surface area contributed by atoms with E-state index in [0.717, 1.165) is 33.4 Å². The highest BCUT2D eigenvalue weighted by molar-refractivity contribution is 6.35. The lowest BCUT2D eigenvalue weighted by atomic mass is 9.96. The molecule has 1 aliphatic rings. The van der Waals surface area contributed by atoms with Gasteiger partial charge in [0.2, 0.25) is 0 Å². The normalized spacial score (nSPS) is 13.1. The van der Waals surface area contributed by atoms with E-state index in [1.807, 2.05) is 48.1 Å². The van der Waals surface area contributed by atoms with E-state index in [9.17, 15) is 5.26 Å². The van der Waals surface area contributed by atoms with E-state index in [1.54, 1.807) is 12.3 Å². The van der Waals surface area contributed by atoms with E-state index in [2.05, 4.69) is 26.7 Å². The van der Waals surface area contributed by atoms with Gasteiger partial charge in [-0.25, -0.2) is 9.97 Å². The van der Waals surface area contributed by atoms with Crippen LogP contribution in [0.15, 0.2) is 48.8 Å². The molecule has 6 rings (SSSR count). The van der Waals surface area contributed by atoms with Crippen LogP contribution in [-0.4, -0.2) is 36.5 Å². The molecule has 0 aliphatic heterocycles. The molecule has 9 nitrogen and oxygen atoms in total. The predicted octanol–water partition coefficient (Wildman–Crippen LogP) is 5.29. The van der Waals surface area contributed by atoms with Crippen molar-refractivity contribution in [3.8, 4) is 28.6 Å². The number of H-pyrrole nitrogens is 1. The number of rotatable bonds is 7. The summed E-state index contributed by atoms with van der Waals surface area (Å²) in [6, 6.07) is 14.1. The van der Waals surface area contributed by atoms with Gasteiger partial charge in [-0.15, -0.1) is 0 Å². The van der Waals surface area contributed by atoms with Gasteiger partial charge in [0.05, 0.1) is 51.5 Å². The zero-order chi connectivity index (χ0) is 25.5. The van der Waals surface area contributed by atoms with Gasteiger partial charge in [-0.2, -0.15) is 15.5 Å². The molecule has 0 unspecified atom stereocenters. The smallest absolute Gasteiger partial charge is 0.148 e. The number of hydrogen-bond donors (Lipinski definition) is 3. The number of aromatic nitrogens is 6. The highest BCUT2D eigenvalue weighted by Gasteiger charge is 2.24. The molecule has 0 saturated heterocycles. The van der Waals surface area contributed by atoms with Gasteiger partial charge in [0.15, 0.2) is 0 Å². The topological polar surface area (TPSA) is 134 Å². The van der Waals surface area contributed by atoms with Crippen LogP contribution < -0.4 is 11.1 Å². The summed E-state index contributed by atoms with van der Waals surface area (Å²) in [5.74, 6) is 1.18.